The van der Waals surface area contributed by atoms with E-state index in [9.17, 15) is 14.0 Å². The number of aliphatic hydroxyl groups excluding tert-OH is 1. The van der Waals surface area contributed by atoms with E-state index in [2.05, 4.69) is 0 Å². The minimum absolute atomic E-state index is 0.0396. The molecule has 130 valence electrons. The van der Waals surface area contributed by atoms with Crippen LogP contribution in [-0.4, -0.2) is 35.5 Å². The summed E-state index contributed by atoms with van der Waals surface area (Å²) in [6.07, 6.45) is 3.28. The van der Waals surface area contributed by atoms with Gasteiger partial charge in [-0.15, -0.1) is 0 Å². The third-order valence-electron chi connectivity index (χ3n) is 5.20. The Balaban J connectivity index is 1.63. The highest BCUT2D eigenvalue weighted by molar-refractivity contribution is 5.98. The molecule has 0 aromatic heterocycles. The van der Waals surface area contributed by atoms with Crippen LogP contribution < -0.4 is 0 Å². The molecule has 0 bridgehead atoms. The normalized spacial score (nSPS) is 23.3. The van der Waals surface area contributed by atoms with Crippen molar-refractivity contribution in [1.29, 1.82) is 0 Å². The molecule has 1 aliphatic carbocycles. The molecule has 0 unspecified atom stereocenters. The van der Waals surface area contributed by atoms with Gasteiger partial charge in [0.15, 0.2) is 0 Å². The lowest BCUT2D eigenvalue weighted by atomic mass is 9.82. The van der Waals surface area contributed by atoms with Crippen molar-refractivity contribution in [3.8, 4) is 0 Å². The molecule has 5 nitrogen and oxygen atoms in total. The number of carbonyl (C=O) groups excluding carboxylic acids is 2. The third-order valence-corrected chi connectivity index (χ3v) is 5.20. The van der Waals surface area contributed by atoms with Crippen molar-refractivity contribution in [3.63, 3.8) is 0 Å². The number of ether oxygens (including phenoxy) is 1. The molecule has 0 atom stereocenters. The maximum Gasteiger partial charge on any atom is 0.308 e. The van der Waals surface area contributed by atoms with Crippen LogP contribution in [0.5, 0.6) is 0 Å². The number of carbonyl (C=O) groups is 2. The average Bonchev–Trinajstić information content (AvgIpc) is 2.92. The Labute approximate surface area is 140 Å². The van der Waals surface area contributed by atoms with Crippen molar-refractivity contribution < 1.29 is 23.8 Å². The summed E-state index contributed by atoms with van der Waals surface area (Å²) in [5, 5.41) is 9.15. The van der Waals surface area contributed by atoms with E-state index in [0.717, 1.165) is 25.7 Å². The first-order valence-corrected chi connectivity index (χ1v) is 8.33. The summed E-state index contributed by atoms with van der Waals surface area (Å²) in [6.45, 7) is 0.576. The zero-order valence-corrected chi connectivity index (χ0v) is 13.8. The zero-order valence-electron chi connectivity index (χ0n) is 13.8. The van der Waals surface area contributed by atoms with E-state index < -0.39 is 12.4 Å². The fourth-order valence-corrected chi connectivity index (χ4v) is 3.79. The van der Waals surface area contributed by atoms with Crippen LogP contribution in [0.1, 0.15) is 47.2 Å². The Morgan fingerprint density at radius 2 is 2.04 bits per heavy atom. The second-order valence-corrected chi connectivity index (χ2v) is 6.66. The Bertz CT molecular complexity index is 653. The van der Waals surface area contributed by atoms with Crippen LogP contribution in [0.4, 0.5) is 4.39 Å². The van der Waals surface area contributed by atoms with Crippen LogP contribution >= 0.6 is 0 Å². The van der Waals surface area contributed by atoms with E-state index in [4.69, 9.17) is 9.84 Å². The Kier molecular flexibility index (Phi) is 4.85. The number of benzene rings is 1. The molecule has 1 aromatic carbocycles. The summed E-state index contributed by atoms with van der Waals surface area (Å²) in [5.41, 5.74) is 0.935. The molecule has 2 aliphatic rings. The standard InChI is InChI=1S/C18H22FNO4/c1-24-18(23)12-4-2-11(3-5-12)8-20-9-13-6-7-14(10-21)16(19)15(13)17(20)22/h6-7,11-12,21H,2-5,8-10H2,1H3/t11-,12-. The minimum atomic E-state index is -0.600. The van der Waals surface area contributed by atoms with Gasteiger partial charge in [0.05, 0.1) is 25.2 Å². The molecular formula is C18H22FNO4. The van der Waals surface area contributed by atoms with Crippen LogP contribution in [0, 0.1) is 17.7 Å². The molecule has 1 amide bonds. The van der Waals surface area contributed by atoms with Gasteiger partial charge in [-0.2, -0.15) is 0 Å². The highest BCUT2D eigenvalue weighted by Gasteiger charge is 2.34. The summed E-state index contributed by atoms with van der Waals surface area (Å²) in [5.74, 6) is -0.770. The summed E-state index contributed by atoms with van der Waals surface area (Å²) < 4.78 is 19.1. The van der Waals surface area contributed by atoms with Gasteiger partial charge >= 0.3 is 5.97 Å². The van der Waals surface area contributed by atoms with Gasteiger partial charge < -0.3 is 14.7 Å². The molecule has 6 heteroatoms. The van der Waals surface area contributed by atoms with Crippen LogP contribution in [0.25, 0.3) is 0 Å². The van der Waals surface area contributed by atoms with Gasteiger partial charge in [-0.25, -0.2) is 4.39 Å². The largest absolute Gasteiger partial charge is 0.469 e. The maximum absolute atomic E-state index is 14.3. The molecule has 1 fully saturated rings. The molecule has 1 heterocycles. The second kappa shape index (κ2) is 6.89. The summed E-state index contributed by atoms with van der Waals surface area (Å²) in [7, 11) is 1.41. The topological polar surface area (TPSA) is 66.8 Å². The predicted octanol–water partition coefficient (Wildman–Crippen LogP) is 2.25. The van der Waals surface area contributed by atoms with Gasteiger partial charge in [-0.3, -0.25) is 9.59 Å². The van der Waals surface area contributed by atoms with Gasteiger partial charge in [0.25, 0.3) is 5.91 Å². The molecule has 1 aliphatic heterocycles. The lowest BCUT2D eigenvalue weighted by Crippen LogP contribution is -2.33. The number of aliphatic hydroxyl groups is 1. The molecule has 1 N–H and O–H groups in total. The van der Waals surface area contributed by atoms with E-state index in [1.54, 1.807) is 11.0 Å². The summed E-state index contributed by atoms with van der Waals surface area (Å²) >= 11 is 0. The number of esters is 1. The van der Waals surface area contributed by atoms with E-state index in [1.807, 2.05) is 0 Å². The first-order valence-electron chi connectivity index (χ1n) is 8.33. The van der Waals surface area contributed by atoms with Gasteiger partial charge in [-0.05, 0) is 37.2 Å². The number of methoxy groups -OCH3 is 1. The van der Waals surface area contributed by atoms with Crippen molar-refractivity contribution >= 4 is 11.9 Å². The summed E-state index contributed by atoms with van der Waals surface area (Å²) in [4.78, 5) is 25.8. The fraction of sp³-hybridized carbons (Fsp3) is 0.556. The van der Waals surface area contributed by atoms with Crippen molar-refractivity contribution in [2.45, 2.75) is 38.8 Å². The minimum Gasteiger partial charge on any atom is -0.469 e. The van der Waals surface area contributed by atoms with E-state index >= 15 is 0 Å². The number of nitrogens with zero attached hydrogens (tertiary/aromatic N) is 1. The quantitative estimate of drug-likeness (QED) is 0.857. The highest BCUT2D eigenvalue weighted by atomic mass is 19.1. The maximum atomic E-state index is 14.3. The van der Waals surface area contributed by atoms with Crippen LogP contribution in [0.15, 0.2) is 12.1 Å². The Morgan fingerprint density at radius 3 is 2.67 bits per heavy atom. The first kappa shape index (κ1) is 16.9. The Morgan fingerprint density at radius 1 is 1.33 bits per heavy atom. The molecule has 0 radical (unpaired) electrons. The van der Waals surface area contributed by atoms with Crippen LogP contribution in [0.3, 0.4) is 0 Å². The van der Waals surface area contributed by atoms with Gasteiger partial charge in [0.1, 0.15) is 5.82 Å². The van der Waals surface area contributed by atoms with Crippen LogP contribution in [0.2, 0.25) is 0 Å². The smallest absolute Gasteiger partial charge is 0.308 e. The zero-order chi connectivity index (χ0) is 17.3. The summed E-state index contributed by atoms with van der Waals surface area (Å²) in [6, 6.07) is 3.25. The molecule has 0 saturated heterocycles. The number of rotatable bonds is 4. The van der Waals surface area contributed by atoms with Gasteiger partial charge in [-0.1, -0.05) is 12.1 Å². The van der Waals surface area contributed by atoms with Crippen molar-refractivity contribution in [3.05, 3.63) is 34.6 Å². The number of fused-ring (bicyclic) bond motifs is 1. The lowest BCUT2D eigenvalue weighted by molar-refractivity contribution is -0.146. The van der Waals surface area contributed by atoms with Gasteiger partial charge in [0, 0.05) is 18.7 Å². The molecule has 1 saturated carbocycles. The second-order valence-electron chi connectivity index (χ2n) is 6.66. The highest BCUT2D eigenvalue weighted by Crippen LogP contribution is 2.33. The number of amides is 1. The first-order chi connectivity index (χ1) is 11.5. The van der Waals surface area contributed by atoms with E-state index in [0.29, 0.717) is 24.6 Å². The number of halogens is 1. The molecule has 0 spiro atoms. The van der Waals surface area contributed by atoms with Crippen molar-refractivity contribution in [2.24, 2.45) is 11.8 Å². The fourth-order valence-electron chi connectivity index (χ4n) is 3.79. The van der Waals surface area contributed by atoms with Gasteiger partial charge in [0.2, 0.25) is 0 Å². The molecular weight excluding hydrogens is 313 g/mol. The SMILES string of the molecule is COC(=O)[C@H]1CC[C@H](CN2Cc3ccc(CO)c(F)c3C2=O)CC1. The number of hydrogen-bond acceptors (Lipinski definition) is 4. The molecule has 3 rings (SSSR count). The predicted molar refractivity (Wildman–Crippen MR) is 84.5 cm³/mol. The van der Waals surface area contributed by atoms with E-state index in [-0.39, 0.29) is 28.9 Å². The monoisotopic (exact) mass is 335 g/mol. The van der Waals surface area contributed by atoms with E-state index in [1.165, 1.54) is 13.2 Å². The lowest BCUT2D eigenvalue weighted by Gasteiger charge is -2.30. The Hall–Kier alpha value is -1.95. The third kappa shape index (κ3) is 3.02. The molecule has 1 aromatic rings. The molecule has 24 heavy (non-hydrogen) atoms. The average molecular weight is 335 g/mol. The van der Waals surface area contributed by atoms with Crippen molar-refractivity contribution in [2.75, 3.05) is 13.7 Å². The number of hydrogen-bond donors (Lipinski definition) is 1. The van der Waals surface area contributed by atoms with Crippen molar-refractivity contribution in [1.82, 2.24) is 4.90 Å². The van der Waals surface area contributed by atoms with Crippen LogP contribution in [-0.2, 0) is 22.7 Å².